The number of unbranched alkanes of at least 4 members (excludes halogenated alkanes) is 5. The van der Waals surface area contributed by atoms with Crippen molar-refractivity contribution in [2.24, 2.45) is 5.73 Å². The first-order chi connectivity index (χ1) is 8.14. The van der Waals surface area contributed by atoms with Crippen molar-refractivity contribution in [3.8, 4) is 0 Å². The van der Waals surface area contributed by atoms with Crippen molar-refractivity contribution >= 4 is 0 Å². The van der Waals surface area contributed by atoms with E-state index in [1.165, 1.54) is 45.1 Å². The van der Waals surface area contributed by atoms with E-state index in [2.05, 4.69) is 32.6 Å². The third kappa shape index (κ3) is 6.42. The summed E-state index contributed by atoms with van der Waals surface area (Å²) in [5, 5.41) is 0. The van der Waals surface area contributed by atoms with E-state index in [-0.39, 0.29) is 5.54 Å². The average molecular weight is 242 g/mol. The van der Waals surface area contributed by atoms with Crippen molar-refractivity contribution in [1.29, 1.82) is 0 Å². The summed E-state index contributed by atoms with van der Waals surface area (Å²) in [4.78, 5) is 2.56. The fourth-order valence-corrected chi connectivity index (χ4v) is 2.39. The minimum absolute atomic E-state index is 0.207. The SMILES string of the molecule is CCCCCCCCN(CC)C(C)(CC)CN. The maximum absolute atomic E-state index is 5.92. The highest BCUT2D eigenvalue weighted by atomic mass is 15.2. The number of hydrogen-bond acceptors (Lipinski definition) is 2. The van der Waals surface area contributed by atoms with Crippen molar-refractivity contribution in [3.05, 3.63) is 0 Å². The molecule has 0 saturated heterocycles. The maximum Gasteiger partial charge on any atom is 0.0300 e. The van der Waals surface area contributed by atoms with Gasteiger partial charge in [0.25, 0.3) is 0 Å². The zero-order chi connectivity index (χ0) is 13.1. The molecule has 0 aromatic carbocycles. The van der Waals surface area contributed by atoms with Gasteiger partial charge >= 0.3 is 0 Å². The second-order valence-corrected chi connectivity index (χ2v) is 5.40. The van der Waals surface area contributed by atoms with Gasteiger partial charge in [-0.25, -0.2) is 0 Å². The molecule has 0 aliphatic rings. The largest absolute Gasteiger partial charge is 0.329 e. The lowest BCUT2D eigenvalue weighted by atomic mass is 9.96. The van der Waals surface area contributed by atoms with Gasteiger partial charge in [-0.3, -0.25) is 4.90 Å². The van der Waals surface area contributed by atoms with E-state index in [1.54, 1.807) is 0 Å². The number of rotatable bonds is 11. The molecule has 0 aromatic heterocycles. The van der Waals surface area contributed by atoms with E-state index >= 15 is 0 Å². The molecule has 0 rings (SSSR count). The zero-order valence-corrected chi connectivity index (χ0v) is 12.6. The molecule has 0 amide bonds. The van der Waals surface area contributed by atoms with Gasteiger partial charge in [0, 0.05) is 12.1 Å². The standard InChI is InChI=1S/C15H34N2/c1-5-8-9-10-11-12-13-17(7-3)15(4,6-2)14-16/h5-14,16H2,1-4H3. The Bertz CT molecular complexity index is 164. The molecule has 17 heavy (non-hydrogen) atoms. The minimum Gasteiger partial charge on any atom is -0.329 e. The van der Waals surface area contributed by atoms with Crippen LogP contribution in [0.5, 0.6) is 0 Å². The van der Waals surface area contributed by atoms with Crippen LogP contribution in [0, 0.1) is 0 Å². The predicted octanol–water partition coefficient (Wildman–Crippen LogP) is 3.80. The molecule has 0 saturated carbocycles. The Balaban J connectivity index is 3.82. The van der Waals surface area contributed by atoms with E-state index in [1.807, 2.05) is 0 Å². The summed E-state index contributed by atoms with van der Waals surface area (Å²) in [7, 11) is 0. The quantitative estimate of drug-likeness (QED) is 0.558. The maximum atomic E-state index is 5.92. The molecule has 0 fully saturated rings. The predicted molar refractivity (Wildman–Crippen MR) is 78.4 cm³/mol. The Hall–Kier alpha value is -0.0800. The summed E-state index contributed by atoms with van der Waals surface area (Å²) in [6, 6.07) is 0. The molecule has 0 aromatic rings. The number of hydrogen-bond donors (Lipinski definition) is 1. The van der Waals surface area contributed by atoms with Gasteiger partial charge in [-0.1, -0.05) is 52.9 Å². The highest BCUT2D eigenvalue weighted by Crippen LogP contribution is 2.18. The van der Waals surface area contributed by atoms with Crippen LogP contribution in [0.3, 0.4) is 0 Å². The van der Waals surface area contributed by atoms with Gasteiger partial charge in [-0.05, 0) is 32.9 Å². The van der Waals surface area contributed by atoms with Crippen molar-refractivity contribution in [1.82, 2.24) is 4.90 Å². The third-order valence-corrected chi connectivity index (χ3v) is 4.13. The topological polar surface area (TPSA) is 29.3 Å². The van der Waals surface area contributed by atoms with E-state index < -0.39 is 0 Å². The van der Waals surface area contributed by atoms with E-state index in [0.29, 0.717) is 0 Å². The van der Waals surface area contributed by atoms with Crippen LogP contribution in [0.2, 0.25) is 0 Å². The molecular weight excluding hydrogens is 208 g/mol. The van der Waals surface area contributed by atoms with E-state index in [0.717, 1.165) is 19.5 Å². The molecule has 0 aliphatic heterocycles. The van der Waals surface area contributed by atoms with Crippen LogP contribution in [0.4, 0.5) is 0 Å². The van der Waals surface area contributed by atoms with Crippen LogP contribution in [0.15, 0.2) is 0 Å². The molecule has 104 valence electrons. The van der Waals surface area contributed by atoms with Gasteiger partial charge in [0.05, 0.1) is 0 Å². The first-order valence-electron chi connectivity index (χ1n) is 7.59. The van der Waals surface area contributed by atoms with Gasteiger partial charge in [0.15, 0.2) is 0 Å². The summed E-state index contributed by atoms with van der Waals surface area (Å²) in [6.07, 6.45) is 9.39. The molecule has 2 nitrogen and oxygen atoms in total. The molecule has 2 heteroatoms. The fraction of sp³-hybridized carbons (Fsp3) is 1.00. The molecule has 0 heterocycles. The Kier molecular flexibility index (Phi) is 9.85. The Labute approximate surface area is 109 Å². The summed E-state index contributed by atoms with van der Waals surface area (Å²) >= 11 is 0. The first kappa shape index (κ1) is 16.9. The lowest BCUT2D eigenvalue weighted by Gasteiger charge is -2.39. The second kappa shape index (κ2) is 9.90. The van der Waals surface area contributed by atoms with Crippen LogP contribution in [-0.4, -0.2) is 30.1 Å². The zero-order valence-electron chi connectivity index (χ0n) is 12.6. The smallest absolute Gasteiger partial charge is 0.0300 e. The van der Waals surface area contributed by atoms with Gasteiger partial charge in [0.1, 0.15) is 0 Å². The number of nitrogens with two attached hydrogens (primary N) is 1. The van der Waals surface area contributed by atoms with Crippen molar-refractivity contribution in [2.45, 2.75) is 78.2 Å². The monoisotopic (exact) mass is 242 g/mol. The summed E-state index contributed by atoms with van der Waals surface area (Å²) in [5.74, 6) is 0. The van der Waals surface area contributed by atoms with E-state index in [4.69, 9.17) is 5.73 Å². The van der Waals surface area contributed by atoms with Crippen molar-refractivity contribution in [2.75, 3.05) is 19.6 Å². The summed E-state index contributed by atoms with van der Waals surface area (Å²) < 4.78 is 0. The highest BCUT2D eigenvalue weighted by molar-refractivity contribution is 4.85. The van der Waals surface area contributed by atoms with Crippen molar-refractivity contribution < 1.29 is 0 Å². The molecule has 0 bridgehead atoms. The van der Waals surface area contributed by atoms with E-state index in [9.17, 15) is 0 Å². The number of likely N-dealkylation sites (N-methyl/N-ethyl adjacent to an activating group) is 1. The molecular formula is C15H34N2. The second-order valence-electron chi connectivity index (χ2n) is 5.40. The average Bonchev–Trinajstić information content (AvgIpc) is 2.37. The van der Waals surface area contributed by atoms with Crippen LogP contribution >= 0.6 is 0 Å². The molecule has 0 aliphatic carbocycles. The molecule has 1 atom stereocenters. The summed E-state index contributed by atoms with van der Waals surface area (Å²) in [6.45, 7) is 12.2. The van der Waals surface area contributed by atoms with Gasteiger partial charge in [-0.15, -0.1) is 0 Å². The fourth-order valence-electron chi connectivity index (χ4n) is 2.39. The van der Waals surface area contributed by atoms with Crippen LogP contribution in [0.1, 0.15) is 72.6 Å². The summed E-state index contributed by atoms with van der Waals surface area (Å²) in [5.41, 5.74) is 6.13. The van der Waals surface area contributed by atoms with Crippen LogP contribution < -0.4 is 5.73 Å². The van der Waals surface area contributed by atoms with Crippen molar-refractivity contribution in [3.63, 3.8) is 0 Å². The molecule has 2 N–H and O–H groups in total. The molecule has 0 radical (unpaired) electrons. The number of nitrogens with zero attached hydrogens (tertiary/aromatic N) is 1. The third-order valence-electron chi connectivity index (χ3n) is 4.13. The highest BCUT2D eigenvalue weighted by Gasteiger charge is 2.26. The lowest BCUT2D eigenvalue weighted by molar-refractivity contribution is 0.110. The van der Waals surface area contributed by atoms with Gasteiger partial charge < -0.3 is 5.73 Å². The Morgan fingerprint density at radius 3 is 2.00 bits per heavy atom. The molecule has 0 spiro atoms. The lowest BCUT2D eigenvalue weighted by Crippen LogP contribution is -2.51. The van der Waals surface area contributed by atoms with Crippen LogP contribution in [0.25, 0.3) is 0 Å². The minimum atomic E-state index is 0.207. The molecule has 1 unspecified atom stereocenters. The Morgan fingerprint density at radius 2 is 1.53 bits per heavy atom. The van der Waals surface area contributed by atoms with Crippen LogP contribution in [-0.2, 0) is 0 Å². The normalized spacial score (nSPS) is 15.2. The Morgan fingerprint density at radius 1 is 0.941 bits per heavy atom. The van der Waals surface area contributed by atoms with Gasteiger partial charge in [0.2, 0.25) is 0 Å². The first-order valence-corrected chi connectivity index (χ1v) is 7.59. The van der Waals surface area contributed by atoms with Gasteiger partial charge in [-0.2, -0.15) is 0 Å².